The molecule has 1 aliphatic heterocycles. The van der Waals surface area contributed by atoms with Gasteiger partial charge in [0, 0.05) is 16.5 Å². The Kier molecular flexibility index (Phi) is 3.82. The van der Waals surface area contributed by atoms with Crippen LogP contribution in [0.3, 0.4) is 0 Å². The van der Waals surface area contributed by atoms with Crippen LogP contribution in [0.15, 0.2) is 53.5 Å². The van der Waals surface area contributed by atoms with Crippen molar-refractivity contribution in [3.05, 3.63) is 70.9 Å². The zero-order valence-electron chi connectivity index (χ0n) is 14.9. The monoisotopic (exact) mass is 391 g/mol. The minimum Gasteiger partial charge on any atom is -0.270 e. The fourth-order valence-corrected chi connectivity index (χ4v) is 3.22. The summed E-state index contributed by atoms with van der Waals surface area (Å²) in [5.74, 6) is -3.59. The first-order valence-corrected chi connectivity index (χ1v) is 8.43. The summed E-state index contributed by atoms with van der Waals surface area (Å²) in [6, 6.07) is 11.0. The predicted octanol–water partition coefficient (Wildman–Crippen LogP) is 5.37. The van der Waals surface area contributed by atoms with Crippen LogP contribution in [-0.2, 0) is 12.1 Å². The second-order valence-electron chi connectivity index (χ2n) is 7.14. The average Bonchev–Trinajstić information content (AvgIpc) is 2.63. The molecule has 0 unspecified atom stereocenters. The Bertz CT molecular complexity index is 1120. The zero-order valence-corrected chi connectivity index (χ0v) is 14.9. The van der Waals surface area contributed by atoms with Crippen LogP contribution in [0.4, 0.5) is 22.0 Å². The van der Waals surface area contributed by atoms with Gasteiger partial charge in [0.1, 0.15) is 11.2 Å². The molecule has 2 aromatic carbocycles. The number of aliphatic imine (C=N–C) groups is 1. The molecule has 0 fully saturated rings. The lowest BCUT2D eigenvalue weighted by molar-refractivity contribution is -0.138. The Morgan fingerprint density at radius 1 is 0.893 bits per heavy atom. The standard InChI is InChI=1S/C20H14F5N3/c1-18(2)19(21,22)14-10-12(20(23,24)25)7-8-13(14)17(26-18)16-9-11-5-3-4-6-15(11)27-28-16/h3-10H,1-2H3. The number of fused-ring (bicyclic) bond motifs is 2. The molecule has 2 heterocycles. The fraction of sp³-hybridized carbons (Fsp3) is 0.250. The third kappa shape index (κ3) is 2.75. The van der Waals surface area contributed by atoms with Crippen LogP contribution in [-0.4, -0.2) is 21.4 Å². The van der Waals surface area contributed by atoms with E-state index in [0.717, 1.165) is 17.5 Å². The summed E-state index contributed by atoms with van der Waals surface area (Å²) in [7, 11) is 0. The van der Waals surface area contributed by atoms with Crippen molar-refractivity contribution in [2.45, 2.75) is 31.5 Å². The molecule has 0 aliphatic carbocycles. The molecule has 0 bridgehead atoms. The lowest BCUT2D eigenvalue weighted by Gasteiger charge is -2.37. The summed E-state index contributed by atoms with van der Waals surface area (Å²) in [6.07, 6.45) is -4.73. The summed E-state index contributed by atoms with van der Waals surface area (Å²) >= 11 is 0. The van der Waals surface area contributed by atoms with Gasteiger partial charge in [-0.15, -0.1) is 10.2 Å². The summed E-state index contributed by atoms with van der Waals surface area (Å²) in [4.78, 5) is 4.16. The van der Waals surface area contributed by atoms with Crippen LogP contribution in [0.25, 0.3) is 10.9 Å². The third-order valence-corrected chi connectivity index (χ3v) is 4.84. The summed E-state index contributed by atoms with van der Waals surface area (Å²) < 4.78 is 69.2. The molecule has 3 aromatic rings. The molecule has 0 atom stereocenters. The van der Waals surface area contributed by atoms with Crippen molar-refractivity contribution in [1.29, 1.82) is 0 Å². The molecule has 0 radical (unpaired) electrons. The normalized spacial score (nSPS) is 17.9. The highest BCUT2D eigenvalue weighted by molar-refractivity contribution is 6.14. The maximum atomic E-state index is 15.0. The van der Waals surface area contributed by atoms with Crippen molar-refractivity contribution < 1.29 is 22.0 Å². The van der Waals surface area contributed by atoms with Crippen molar-refractivity contribution in [3.8, 4) is 0 Å². The molecule has 4 rings (SSSR count). The summed E-state index contributed by atoms with van der Waals surface area (Å²) in [5, 5.41) is 8.86. The van der Waals surface area contributed by atoms with Crippen LogP contribution < -0.4 is 0 Å². The van der Waals surface area contributed by atoms with Gasteiger partial charge >= 0.3 is 6.18 Å². The number of aromatic nitrogens is 2. The smallest absolute Gasteiger partial charge is 0.270 e. The average molecular weight is 391 g/mol. The van der Waals surface area contributed by atoms with Gasteiger partial charge in [-0.25, -0.2) is 0 Å². The number of rotatable bonds is 1. The molecule has 0 N–H and O–H groups in total. The van der Waals surface area contributed by atoms with Gasteiger partial charge in [-0.05, 0) is 38.1 Å². The Labute approximate surface area is 156 Å². The van der Waals surface area contributed by atoms with E-state index in [2.05, 4.69) is 15.2 Å². The van der Waals surface area contributed by atoms with Crippen LogP contribution >= 0.6 is 0 Å². The largest absolute Gasteiger partial charge is 0.416 e. The van der Waals surface area contributed by atoms with Gasteiger partial charge in [0.2, 0.25) is 0 Å². The number of hydrogen-bond acceptors (Lipinski definition) is 3. The van der Waals surface area contributed by atoms with Crippen molar-refractivity contribution in [2.75, 3.05) is 0 Å². The molecule has 28 heavy (non-hydrogen) atoms. The molecular weight excluding hydrogens is 377 g/mol. The van der Waals surface area contributed by atoms with Gasteiger partial charge in [0.25, 0.3) is 5.92 Å². The second-order valence-corrected chi connectivity index (χ2v) is 7.14. The second kappa shape index (κ2) is 5.80. The molecule has 0 saturated heterocycles. The van der Waals surface area contributed by atoms with Gasteiger partial charge in [-0.1, -0.05) is 24.3 Å². The van der Waals surface area contributed by atoms with Crippen molar-refractivity contribution in [3.63, 3.8) is 0 Å². The molecule has 3 nitrogen and oxygen atoms in total. The minimum absolute atomic E-state index is 0.0816. The topological polar surface area (TPSA) is 38.1 Å². The summed E-state index contributed by atoms with van der Waals surface area (Å²) in [5.41, 5.74) is -2.95. The summed E-state index contributed by atoms with van der Waals surface area (Å²) in [6.45, 7) is 2.37. The van der Waals surface area contributed by atoms with Crippen LogP contribution in [0.5, 0.6) is 0 Å². The molecule has 0 saturated carbocycles. The molecular formula is C20H14F5N3. The Balaban J connectivity index is 1.97. The van der Waals surface area contributed by atoms with Crippen LogP contribution in [0, 0.1) is 0 Å². The number of nitrogens with zero attached hydrogens (tertiary/aromatic N) is 3. The van der Waals surface area contributed by atoms with E-state index >= 15 is 0 Å². The number of halogens is 5. The van der Waals surface area contributed by atoms with Crippen molar-refractivity contribution >= 4 is 16.6 Å². The van der Waals surface area contributed by atoms with E-state index in [9.17, 15) is 22.0 Å². The Morgan fingerprint density at radius 2 is 1.61 bits per heavy atom. The lowest BCUT2D eigenvalue weighted by atomic mass is 9.81. The molecule has 0 amide bonds. The van der Waals surface area contributed by atoms with E-state index < -0.39 is 28.8 Å². The third-order valence-electron chi connectivity index (χ3n) is 4.84. The maximum Gasteiger partial charge on any atom is 0.416 e. The lowest BCUT2D eigenvalue weighted by Crippen LogP contribution is -2.44. The molecule has 8 heteroatoms. The van der Waals surface area contributed by atoms with Gasteiger partial charge in [0.15, 0.2) is 0 Å². The van der Waals surface area contributed by atoms with E-state index in [0.29, 0.717) is 11.6 Å². The molecule has 1 aliphatic rings. The van der Waals surface area contributed by atoms with Gasteiger partial charge in [-0.3, -0.25) is 4.99 Å². The fourth-order valence-electron chi connectivity index (χ4n) is 3.22. The quantitative estimate of drug-likeness (QED) is 0.523. The highest BCUT2D eigenvalue weighted by atomic mass is 19.4. The van der Waals surface area contributed by atoms with Crippen molar-refractivity contribution in [1.82, 2.24) is 10.2 Å². The van der Waals surface area contributed by atoms with E-state index in [1.54, 1.807) is 30.3 Å². The Hall–Kier alpha value is -2.90. The molecule has 1 aromatic heterocycles. The first-order chi connectivity index (χ1) is 13.0. The minimum atomic E-state index is -4.73. The van der Waals surface area contributed by atoms with Crippen LogP contribution in [0.2, 0.25) is 0 Å². The van der Waals surface area contributed by atoms with E-state index in [4.69, 9.17) is 0 Å². The van der Waals surface area contributed by atoms with Crippen molar-refractivity contribution in [2.24, 2.45) is 4.99 Å². The Morgan fingerprint density at radius 3 is 2.32 bits per heavy atom. The van der Waals surface area contributed by atoms with E-state index in [1.165, 1.54) is 13.8 Å². The van der Waals surface area contributed by atoms with Gasteiger partial charge in [0.05, 0.1) is 16.8 Å². The SMILES string of the molecule is CC1(C)N=C(c2cc3ccccc3nn2)c2ccc(C(F)(F)F)cc2C1(F)F. The number of alkyl halides is 5. The van der Waals surface area contributed by atoms with Gasteiger partial charge < -0.3 is 0 Å². The predicted molar refractivity (Wildman–Crippen MR) is 94.6 cm³/mol. The molecule has 0 spiro atoms. The highest BCUT2D eigenvalue weighted by Crippen LogP contribution is 2.48. The highest BCUT2D eigenvalue weighted by Gasteiger charge is 2.53. The first-order valence-electron chi connectivity index (χ1n) is 8.43. The zero-order chi connectivity index (χ0) is 20.3. The number of hydrogen-bond donors (Lipinski definition) is 0. The first kappa shape index (κ1) is 18.5. The van der Waals surface area contributed by atoms with E-state index in [-0.39, 0.29) is 17.0 Å². The van der Waals surface area contributed by atoms with E-state index in [1.807, 2.05) is 0 Å². The number of benzene rings is 2. The maximum absolute atomic E-state index is 15.0. The van der Waals surface area contributed by atoms with Crippen LogP contribution in [0.1, 0.15) is 36.2 Å². The van der Waals surface area contributed by atoms with Gasteiger partial charge in [-0.2, -0.15) is 22.0 Å². The molecule has 144 valence electrons.